The van der Waals surface area contributed by atoms with Crippen molar-refractivity contribution in [2.45, 2.75) is 6.42 Å². The molecule has 0 atom stereocenters. The Morgan fingerprint density at radius 3 is 2.68 bits per heavy atom. The molecular formula is C11H20N4O4. The second-order valence-corrected chi connectivity index (χ2v) is 3.51. The van der Waals surface area contributed by atoms with E-state index in [1.807, 2.05) is 0 Å². The first-order valence-electron chi connectivity index (χ1n) is 5.88. The van der Waals surface area contributed by atoms with Crippen molar-refractivity contribution in [3.8, 4) is 11.6 Å². The van der Waals surface area contributed by atoms with E-state index in [9.17, 15) is 0 Å². The molecule has 0 amide bonds. The molecular weight excluding hydrogens is 252 g/mol. The summed E-state index contributed by atoms with van der Waals surface area (Å²) in [5.41, 5.74) is 2.42. The van der Waals surface area contributed by atoms with E-state index < -0.39 is 0 Å². The summed E-state index contributed by atoms with van der Waals surface area (Å²) in [4.78, 5) is 7.91. The van der Waals surface area contributed by atoms with Crippen LogP contribution in [0.3, 0.4) is 0 Å². The fraction of sp³-hybridized carbons (Fsp3) is 0.636. The van der Waals surface area contributed by atoms with E-state index in [4.69, 9.17) is 24.8 Å². The summed E-state index contributed by atoms with van der Waals surface area (Å²) < 4.78 is 20.8. The van der Waals surface area contributed by atoms with Gasteiger partial charge in [-0.15, -0.1) is 0 Å². The maximum Gasteiger partial charge on any atom is 0.262 e. The highest BCUT2D eigenvalue weighted by Gasteiger charge is 2.12. The van der Waals surface area contributed by atoms with Crippen LogP contribution in [0.15, 0.2) is 6.33 Å². The summed E-state index contributed by atoms with van der Waals surface area (Å²) in [5, 5.41) is 0. The molecule has 0 saturated heterocycles. The Balaban J connectivity index is 2.33. The van der Waals surface area contributed by atoms with Gasteiger partial charge in [-0.1, -0.05) is 0 Å². The molecule has 0 spiro atoms. The van der Waals surface area contributed by atoms with Crippen molar-refractivity contribution in [1.82, 2.24) is 9.97 Å². The van der Waals surface area contributed by atoms with Gasteiger partial charge < -0.3 is 24.4 Å². The molecule has 1 heterocycles. The van der Waals surface area contributed by atoms with E-state index in [1.54, 1.807) is 7.11 Å². The van der Waals surface area contributed by atoms with E-state index in [0.717, 1.165) is 6.42 Å². The van der Waals surface area contributed by atoms with Crippen molar-refractivity contribution in [3.05, 3.63) is 6.33 Å². The van der Waals surface area contributed by atoms with Crippen molar-refractivity contribution < 1.29 is 18.9 Å². The third-order valence-corrected chi connectivity index (χ3v) is 2.22. The van der Waals surface area contributed by atoms with Gasteiger partial charge in [-0.3, -0.25) is 0 Å². The molecule has 8 nitrogen and oxygen atoms in total. The van der Waals surface area contributed by atoms with Gasteiger partial charge in [0.05, 0.1) is 26.9 Å². The lowest BCUT2D eigenvalue weighted by molar-refractivity contribution is 0.0640. The molecule has 19 heavy (non-hydrogen) atoms. The summed E-state index contributed by atoms with van der Waals surface area (Å²) in [6, 6.07) is 0. The number of nitrogens with one attached hydrogen (secondary N) is 1. The summed E-state index contributed by atoms with van der Waals surface area (Å²) in [7, 11) is 3.14. The van der Waals surface area contributed by atoms with Gasteiger partial charge >= 0.3 is 0 Å². The van der Waals surface area contributed by atoms with Crippen molar-refractivity contribution >= 4 is 5.82 Å². The Hall–Kier alpha value is -1.64. The Morgan fingerprint density at radius 2 is 2.00 bits per heavy atom. The van der Waals surface area contributed by atoms with E-state index in [1.165, 1.54) is 13.4 Å². The lowest BCUT2D eigenvalue weighted by atomic mass is 10.4. The predicted molar refractivity (Wildman–Crippen MR) is 69.2 cm³/mol. The summed E-state index contributed by atoms with van der Waals surface area (Å²) in [5.74, 6) is 6.42. The average molecular weight is 272 g/mol. The zero-order valence-electron chi connectivity index (χ0n) is 11.2. The number of rotatable bonds is 10. The number of hydrogen-bond acceptors (Lipinski definition) is 8. The van der Waals surface area contributed by atoms with Crippen LogP contribution >= 0.6 is 0 Å². The monoisotopic (exact) mass is 272 g/mol. The van der Waals surface area contributed by atoms with Gasteiger partial charge in [0, 0.05) is 20.1 Å². The van der Waals surface area contributed by atoms with Crippen LogP contribution in [0.4, 0.5) is 5.82 Å². The van der Waals surface area contributed by atoms with Gasteiger partial charge in [-0.05, 0) is 0 Å². The largest absolute Gasteiger partial charge is 0.489 e. The zero-order valence-corrected chi connectivity index (χ0v) is 11.2. The molecule has 0 aliphatic rings. The number of aromatic nitrogens is 2. The highest BCUT2D eigenvalue weighted by Crippen LogP contribution is 2.29. The number of hydrogen-bond donors (Lipinski definition) is 2. The molecule has 0 bridgehead atoms. The van der Waals surface area contributed by atoms with Crippen LogP contribution in [0.2, 0.25) is 0 Å². The van der Waals surface area contributed by atoms with Crippen molar-refractivity contribution in [2.75, 3.05) is 46.1 Å². The molecule has 108 valence electrons. The molecule has 3 N–H and O–H groups in total. The molecule has 0 unspecified atom stereocenters. The van der Waals surface area contributed by atoms with Crippen LogP contribution in [0, 0.1) is 0 Å². The van der Waals surface area contributed by atoms with Gasteiger partial charge in [0.1, 0.15) is 6.33 Å². The first-order chi connectivity index (χ1) is 9.33. The quantitative estimate of drug-likeness (QED) is 0.354. The standard InChI is InChI=1S/C11H20N4O4/c1-16-6-7-18-4-3-5-19-11-9(17-2)10(15-12)13-8-14-11/h8H,3-7,12H2,1-2H3,(H,13,14,15). The van der Waals surface area contributed by atoms with Crippen LogP contribution in [0.5, 0.6) is 11.6 Å². The summed E-state index contributed by atoms with van der Waals surface area (Å²) in [6.45, 7) is 2.23. The Kier molecular flexibility index (Phi) is 7.56. The lowest BCUT2D eigenvalue weighted by Crippen LogP contribution is -2.12. The third-order valence-electron chi connectivity index (χ3n) is 2.22. The molecule has 1 aromatic heterocycles. The van der Waals surface area contributed by atoms with Crippen LogP contribution in [0.25, 0.3) is 0 Å². The number of nitrogen functional groups attached to an aromatic ring is 1. The average Bonchev–Trinajstić information content (AvgIpc) is 2.45. The fourth-order valence-corrected chi connectivity index (χ4v) is 1.32. The van der Waals surface area contributed by atoms with E-state index in [0.29, 0.717) is 43.9 Å². The summed E-state index contributed by atoms with van der Waals surface area (Å²) in [6.07, 6.45) is 2.09. The van der Waals surface area contributed by atoms with E-state index in [-0.39, 0.29) is 0 Å². The van der Waals surface area contributed by atoms with Crippen LogP contribution in [-0.4, -0.2) is 50.6 Å². The molecule has 1 aromatic rings. The fourth-order valence-electron chi connectivity index (χ4n) is 1.32. The van der Waals surface area contributed by atoms with Gasteiger partial charge in [-0.2, -0.15) is 4.98 Å². The maximum absolute atomic E-state index is 5.49. The molecule has 0 fully saturated rings. The molecule has 0 aliphatic carbocycles. The maximum atomic E-state index is 5.49. The van der Waals surface area contributed by atoms with Crippen molar-refractivity contribution in [2.24, 2.45) is 5.84 Å². The van der Waals surface area contributed by atoms with Gasteiger partial charge in [-0.25, -0.2) is 10.8 Å². The third kappa shape index (κ3) is 5.25. The van der Waals surface area contributed by atoms with Crippen LogP contribution in [-0.2, 0) is 9.47 Å². The highest BCUT2D eigenvalue weighted by molar-refractivity contribution is 5.54. The molecule has 1 rings (SSSR count). The molecule has 8 heteroatoms. The van der Waals surface area contributed by atoms with E-state index >= 15 is 0 Å². The SMILES string of the molecule is COCCOCCCOc1ncnc(NN)c1OC. The molecule has 0 aromatic carbocycles. The van der Waals surface area contributed by atoms with Crippen molar-refractivity contribution in [1.29, 1.82) is 0 Å². The summed E-state index contributed by atoms with van der Waals surface area (Å²) >= 11 is 0. The predicted octanol–water partition coefficient (Wildman–Crippen LogP) is 0.203. The Morgan fingerprint density at radius 1 is 1.16 bits per heavy atom. The topological polar surface area (TPSA) is 101 Å². The normalized spacial score (nSPS) is 10.3. The smallest absolute Gasteiger partial charge is 0.262 e. The van der Waals surface area contributed by atoms with E-state index in [2.05, 4.69) is 15.4 Å². The first-order valence-corrected chi connectivity index (χ1v) is 5.88. The zero-order chi connectivity index (χ0) is 13.9. The van der Waals surface area contributed by atoms with Gasteiger partial charge in [0.15, 0.2) is 5.82 Å². The number of nitrogens with zero attached hydrogens (tertiary/aromatic N) is 2. The molecule has 0 aliphatic heterocycles. The minimum Gasteiger partial charge on any atom is -0.489 e. The second kappa shape index (κ2) is 9.31. The minimum absolute atomic E-state index is 0.349. The number of nitrogens with two attached hydrogens (primary N) is 1. The molecule has 0 radical (unpaired) electrons. The number of methoxy groups -OCH3 is 2. The first kappa shape index (κ1) is 15.4. The lowest BCUT2D eigenvalue weighted by Gasteiger charge is -2.11. The van der Waals surface area contributed by atoms with Crippen molar-refractivity contribution in [3.63, 3.8) is 0 Å². The number of anilines is 1. The Bertz CT molecular complexity index is 365. The minimum atomic E-state index is 0.349. The molecule has 0 saturated carbocycles. The highest BCUT2D eigenvalue weighted by atomic mass is 16.5. The number of hydrazine groups is 1. The van der Waals surface area contributed by atoms with Crippen LogP contribution in [0.1, 0.15) is 6.42 Å². The Labute approximate surface area is 112 Å². The number of ether oxygens (including phenoxy) is 4. The van der Waals surface area contributed by atoms with Gasteiger partial charge in [0.2, 0.25) is 5.75 Å². The second-order valence-electron chi connectivity index (χ2n) is 3.51. The van der Waals surface area contributed by atoms with Crippen LogP contribution < -0.4 is 20.7 Å². The van der Waals surface area contributed by atoms with Gasteiger partial charge in [0.25, 0.3) is 5.88 Å².